The summed E-state index contributed by atoms with van der Waals surface area (Å²) in [6.07, 6.45) is 2.50. The zero-order chi connectivity index (χ0) is 12.5. The van der Waals surface area contributed by atoms with Crippen LogP contribution in [0.5, 0.6) is 5.75 Å². The van der Waals surface area contributed by atoms with Crippen LogP contribution in [0.2, 0.25) is 0 Å². The molecule has 0 aromatic heterocycles. The summed E-state index contributed by atoms with van der Waals surface area (Å²) in [7, 11) is 0. The number of benzene rings is 1. The Hall–Kier alpha value is -1.51. The van der Waals surface area contributed by atoms with Gasteiger partial charge in [-0.2, -0.15) is 0 Å². The predicted octanol–water partition coefficient (Wildman–Crippen LogP) is 2.54. The molecule has 1 aromatic rings. The van der Waals surface area contributed by atoms with Gasteiger partial charge in [0, 0.05) is 6.42 Å². The predicted molar refractivity (Wildman–Crippen MR) is 69.2 cm³/mol. The molecule has 94 valence electrons. The average Bonchev–Trinajstić information content (AvgIpc) is 2.36. The molecular formula is C14H21NO2. The molecule has 0 atom stereocenters. The van der Waals surface area contributed by atoms with Crippen molar-refractivity contribution in [3.05, 3.63) is 29.8 Å². The van der Waals surface area contributed by atoms with Gasteiger partial charge in [-0.1, -0.05) is 26.0 Å². The van der Waals surface area contributed by atoms with Crippen LogP contribution in [0.3, 0.4) is 0 Å². The maximum atomic E-state index is 11.2. The van der Waals surface area contributed by atoms with Crippen LogP contribution in [-0.4, -0.2) is 19.1 Å². The fourth-order valence-electron chi connectivity index (χ4n) is 1.50. The minimum absolute atomic E-state index is 0.0948. The smallest absolute Gasteiger partial charge is 0.220 e. The number of aryl methyl sites for hydroxylation is 1. The lowest BCUT2D eigenvalue weighted by atomic mass is 10.2. The number of hydrogen-bond donors (Lipinski definition) is 1. The molecule has 0 unspecified atom stereocenters. The standard InChI is InChI=1S/C14H21NO2/c1-3-5-14(16)15-10-11-17-13-8-6-12(4-2)7-9-13/h6-9H,3-5,10-11H2,1-2H3,(H,15,16). The fourth-order valence-corrected chi connectivity index (χ4v) is 1.50. The molecular weight excluding hydrogens is 214 g/mol. The minimum Gasteiger partial charge on any atom is -0.492 e. The van der Waals surface area contributed by atoms with Crippen molar-refractivity contribution in [2.45, 2.75) is 33.1 Å². The molecule has 3 heteroatoms. The number of carbonyl (C=O) groups excluding carboxylic acids is 1. The summed E-state index contributed by atoms with van der Waals surface area (Å²) in [5.74, 6) is 0.948. The van der Waals surface area contributed by atoms with Crippen molar-refractivity contribution in [3.63, 3.8) is 0 Å². The SMILES string of the molecule is CCCC(=O)NCCOc1ccc(CC)cc1. The Morgan fingerprint density at radius 2 is 1.94 bits per heavy atom. The summed E-state index contributed by atoms with van der Waals surface area (Å²) in [6.45, 7) is 5.19. The topological polar surface area (TPSA) is 38.3 Å². The molecule has 17 heavy (non-hydrogen) atoms. The summed E-state index contributed by atoms with van der Waals surface area (Å²) in [5.41, 5.74) is 1.30. The number of carbonyl (C=O) groups is 1. The normalized spacial score (nSPS) is 10.0. The van der Waals surface area contributed by atoms with Crippen molar-refractivity contribution in [2.75, 3.05) is 13.2 Å². The highest BCUT2D eigenvalue weighted by Crippen LogP contribution is 2.11. The molecule has 1 aromatic carbocycles. The minimum atomic E-state index is 0.0948. The van der Waals surface area contributed by atoms with Crippen molar-refractivity contribution >= 4 is 5.91 Å². The maximum Gasteiger partial charge on any atom is 0.220 e. The molecule has 0 bridgehead atoms. The van der Waals surface area contributed by atoms with Crippen LogP contribution in [0.25, 0.3) is 0 Å². The third-order valence-corrected chi connectivity index (χ3v) is 2.50. The molecule has 0 aliphatic heterocycles. The summed E-state index contributed by atoms with van der Waals surface area (Å²) < 4.78 is 5.52. The number of amides is 1. The van der Waals surface area contributed by atoms with E-state index in [0.717, 1.165) is 18.6 Å². The molecule has 0 heterocycles. The Morgan fingerprint density at radius 3 is 2.53 bits per heavy atom. The fraction of sp³-hybridized carbons (Fsp3) is 0.500. The van der Waals surface area contributed by atoms with Crippen LogP contribution in [-0.2, 0) is 11.2 Å². The third kappa shape index (κ3) is 5.38. The van der Waals surface area contributed by atoms with Gasteiger partial charge in [-0.15, -0.1) is 0 Å². The van der Waals surface area contributed by atoms with Crippen molar-refractivity contribution in [3.8, 4) is 5.75 Å². The highest BCUT2D eigenvalue weighted by atomic mass is 16.5. The van der Waals surface area contributed by atoms with Gasteiger partial charge in [-0.05, 0) is 30.5 Å². The zero-order valence-electron chi connectivity index (χ0n) is 10.7. The lowest BCUT2D eigenvalue weighted by Crippen LogP contribution is -2.27. The van der Waals surface area contributed by atoms with Gasteiger partial charge in [0.05, 0.1) is 6.54 Å². The Balaban J connectivity index is 2.19. The Bertz CT molecular complexity index is 333. The monoisotopic (exact) mass is 235 g/mol. The first kappa shape index (κ1) is 13.6. The Labute approximate surface area is 103 Å². The van der Waals surface area contributed by atoms with Gasteiger partial charge in [0.25, 0.3) is 0 Å². The summed E-state index contributed by atoms with van der Waals surface area (Å²) in [4.78, 5) is 11.2. The summed E-state index contributed by atoms with van der Waals surface area (Å²) in [5, 5.41) is 2.81. The van der Waals surface area contributed by atoms with Crippen LogP contribution in [0.15, 0.2) is 24.3 Å². The lowest BCUT2D eigenvalue weighted by molar-refractivity contribution is -0.121. The highest BCUT2D eigenvalue weighted by Gasteiger charge is 1.98. The number of nitrogens with one attached hydrogen (secondary N) is 1. The quantitative estimate of drug-likeness (QED) is 0.738. The third-order valence-electron chi connectivity index (χ3n) is 2.50. The van der Waals surface area contributed by atoms with Gasteiger partial charge in [0.1, 0.15) is 12.4 Å². The summed E-state index contributed by atoms with van der Waals surface area (Å²) >= 11 is 0. The second-order valence-electron chi connectivity index (χ2n) is 3.95. The van der Waals surface area contributed by atoms with Crippen LogP contribution in [0.1, 0.15) is 32.3 Å². The van der Waals surface area contributed by atoms with Gasteiger partial charge < -0.3 is 10.1 Å². The van der Waals surface area contributed by atoms with Crippen LogP contribution >= 0.6 is 0 Å². The average molecular weight is 235 g/mol. The molecule has 1 rings (SSSR count). The van der Waals surface area contributed by atoms with Crippen LogP contribution in [0.4, 0.5) is 0 Å². The molecule has 1 N–H and O–H groups in total. The number of hydrogen-bond acceptors (Lipinski definition) is 2. The molecule has 0 aliphatic carbocycles. The van der Waals surface area contributed by atoms with Crippen LogP contribution < -0.4 is 10.1 Å². The van der Waals surface area contributed by atoms with Gasteiger partial charge in [-0.3, -0.25) is 4.79 Å². The second kappa shape index (κ2) is 7.71. The van der Waals surface area contributed by atoms with Crippen LogP contribution in [0, 0.1) is 0 Å². The zero-order valence-corrected chi connectivity index (χ0v) is 10.7. The largest absolute Gasteiger partial charge is 0.492 e. The van der Waals surface area contributed by atoms with E-state index in [4.69, 9.17) is 4.74 Å². The first-order valence-corrected chi connectivity index (χ1v) is 6.24. The molecule has 0 aliphatic rings. The Kier molecular flexibility index (Phi) is 6.15. The van der Waals surface area contributed by atoms with E-state index < -0.39 is 0 Å². The first-order chi connectivity index (χ1) is 8.26. The molecule has 0 spiro atoms. The molecule has 0 radical (unpaired) electrons. The molecule has 0 saturated heterocycles. The van der Waals surface area contributed by atoms with E-state index in [1.54, 1.807) is 0 Å². The van der Waals surface area contributed by atoms with Gasteiger partial charge in [0.15, 0.2) is 0 Å². The lowest BCUT2D eigenvalue weighted by Gasteiger charge is -2.07. The molecule has 1 amide bonds. The van der Waals surface area contributed by atoms with E-state index in [2.05, 4.69) is 24.4 Å². The van der Waals surface area contributed by atoms with Gasteiger partial charge >= 0.3 is 0 Å². The van der Waals surface area contributed by atoms with E-state index >= 15 is 0 Å². The van der Waals surface area contributed by atoms with E-state index in [-0.39, 0.29) is 5.91 Å². The molecule has 0 fully saturated rings. The highest BCUT2D eigenvalue weighted by molar-refractivity contribution is 5.75. The van der Waals surface area contributed by atoms with Crippen molar-refractivity contribution < 1.29 is 9.53 Å². The van der Waals surface area contributed by atoms with Gasteiger partial charge in [-0.25, -0.2) is 0 Å². The van der Waals surface area contributed by atoms with Crippen molar-refractivity contribution in [1.82, 2.24) is 5.32 Å². The Morgan fingerprint density at radius 1 is 1.24 bits per heavy atom. The van der Waals surface area contributed by atoms with Crippen molar-refractivity contribution in [2.24, 2.45) is 0 Å². The molecule has 0 saturated carbocycles. The summed E-state index contributed by atoms with van der Waals surface area (Å²) in [6, 6.07) is 8.05. The van der Waals surface area contributed by atoms with E-state index in [0.29, 0.717) is 19.6 Å². The number of ether oxygens (including phenoxy) is 1. The van der Waals surface area contributed by atoms with E-state index in [1.165, 1.54) is 5.56 Å². The van der Waals surface area contributed by atoms with E-state index in [9.17, 15) is 4.79 Å². The maximum absolute atomic E-state index is 11.2. The van der Waals surface area contributed by atoms with Gasteiger partial charge in [0.2, 0.25) is 5.91 Å². The number of rotatable bonds is 7. The second-order valence-corrected chi connectivity index (χ2v) is 3.95. The first-order valence-electron chi connectivity index (χ1n) is 6.24. The van der Waals surface area contributed by atoms with E-state index in [1.807, 2.05) is 19.1 Å². The van der Waals surface area contributed by atoms with Crippen molar-refractivity contribution in [1.29, 1.82) is 0 Å². The molecule has 3 nitrogen and oxygen atoms in total.